The van der Waals surface area contributed by atoms with E-state index >= 15 is 0 Å². The first-order valence-electron chi connectivity index (χ1n) is 7.30. The van der Waals surface area contributed by atoms with Crippen molar-refractivity contribution in [2.24, 2.45) is 5.92 Å². The molecule has 0 spiro atoms. The predicted octanol–water partition coefficient (Wildman–Crippen LogP) is 0.940. The van der Waals surface area contributed by atoms with Crippen LogP contribution in [0, 0.1) is 5.92 Å². The van der Waals surface area contributed by atoms with Crippen molar-refractivity contribution in [1.29, 1.82) is 0 Å². The topological polar surface area (TPSA) is 61.8 Å². The van der Waals surface area contributed by atoms with E-state index < -0.39 is 11.5 Å². The lowest BCUT2D eigenvalue weighted by Gasteiger charge is -2.32. The molecule has 1 heterocycles. The number of nitrogens with one attached hydrogen (secondary N) is 1. The van der Waals surface area contributed by atoms with Crippen LogP contribution in [0.5, 0.6) is 0 Å². The van der Waals surface area contributed by atoms with Crippen molar-refractivity contribution < 1.29 is 14.6 Å². The van der Waals surface area contributed by atoms with Crippen LogP contribution in [0.3, 0.4) is 0 Å². The van der Waals surface area contributed by atoms with Gasteiger partial charge in [-0.2, -0.15) is 0 Å². The molecular weight excluding hydrogens is 244 g/mol. The standard InChI is InChI=1S/C14H26N2O3/c1-15-14(13(17)18)7-3-4-11(14)5-8-16-9-6-12(10-16)19-2/h11-12,15H,3-10H2,1-2H3,(H,17,18). The van der Waals surface area contributed by atoms with Crippen LogP contribution in [0.4, 0.5) is 0 Å². The van der Waals surface area contributed by atoms with Gasteiger partial charge in [-0.25, -0.2) is 0 Å². The number of likely N-dealkylation sites (N-methyl/N-ethyl adjacent to an activating group) is 1. The van der Waals surface area contributed by atoms with E-state index in [0.717, 1.165) is 51.7 Å². The van der Waals surface area contributed by atoms with Gasteiger partial charge in [0.25, 0.3) is 0 Å². The van der Waals surface area contributed by atoms with Gasteiger partial charge in [0, 0.05) is 20.2 Å². The Morgan fingerprint density at radius 1 is 1.53 bits per heavy atom. The molecule has 2 rings (SSSR count). The third-order valence-electron chi connectivity index (χ3n) is 5.00. The van der Waals surface area contributed by atoms with Gasteiger partial charge in [0.15, 0.2) is 0 Å². The third kappa shape index (κ3) is 2.93. The van der Waals surface area contributed by atoms with Crippen LogP contribution in [-0.2, 0) is 9.53 Å². The molecule has 0 aromatic heterocycles. The summed E-state index contributed by atoms with van der Waals surface area (Å²) in [6.07, 6.45) is 5.20. The van der Waals surface area contributed by atoms with Gasteiger partial charge < -0.3 is 20.1 Å². The molecule has 19 heavy (non-hydrogen) atoms. The quantitative estimate of drug-likeness (QED) is 0.752. The number of methoxy groups -OCH3 is 1. The van der Waals surface area contributed by atoms with E-state index in [1.54, 1.807) is 14.2 Å². The number of nitrogens with zero attached hydrogens (tertiary/aromatic N) is 1. The van der Waals surface area contributed by atoms with E-state index in [2.05, 4.69) is 10.2 Å². The molecule has 1 aliphatic carbocycles. The molecule has 2 N–H and O–H groups in total. The van der Waals surface area contributed by atoms with Crippen molar-refractivity contribution in [2.75, 3.05) is 33.8 Å². The summed E-state index contributed by atoms with van der Waals surface area (Å²) < 4.78 is 5.37. The van der Waals surface area contributed by atoms with Gasteiger partial charge in [0.05, 0.1) is 6.10 Å². The summed E-state index contributed by atoms with van der Waals surface area (Å²) in [5, 5.41) is 12.6. The maximum Gasteiger partial charge on any atom is 0.324 e. The molecule has 110 valence electrons. The fraction of sp³-hybridized carbons (Fsp3) is 0.929. The van der Waals surface area contributed by atoms with Crippen LogP contribution in [0.15, 0.2) is 0 Å². The lowest BCUT2D eigenvalue weighted by Crippen LogP contribution is -2.53. The number of aliphatic carboxylic acids is 1. The number of rotatable bonds is 6. The summed E-state index contributed by atoms with van der Waals surface area (Å²) in [5.74, 6) is -0.440. The van der Waals surface area contributed by atoms with Gasteiger partial charge in [-0.3, -0.25) is 4.79 Å². The van der Waals surface area contributed by atoms with Crippen LogP contribution < -0.4 is 5.32 Å². The summed E-state index contributed by atoms with van der Waals surface area (Å²) in [4.78, 5) is 14.0. The maximum absolute atomic E-state index is 11.6. The fourth-order valence-corrected chi connectivity index (χ4v) is 3.72. The van der Waals surface area contributed by atoms with Gasteiger partial charge in [-0.05, 0) is 45.2 Å². The summed E-state index contributed by atoms with van der Waals surface area (Å²) in [6.45, 7) is 3.05. The van der Waals surface area contributed by atoms with Gasteiger partial charge >= 0.3 is 5.97 Å². The number of carboxylic acid groups (broad SMARTS) is 1. The molecule has 2 aliphatic rings. The highest BCUT2D eigenvalue weighted by atomic mass is 16.5. The second-order valence-electron chi connectivity index (χ2n) is 5.85. The van der Waals surface area contributed by atoms with Crippen LogP contribution in [-0.4, -0.2) is 61.4 Å². The van der Waals surface area contributed by atoms with Crippen molar-refractivity contribution in [1.82, 2.24) is 10.2 Å². The highest BCUT2D eigenvalue weighted by Crippen LogP contribution is 2.38. The average Bonchev–Trinajstić information content (AvgIpc) is 3.03. The Morgan fingerprint density at radius 2 is 2.32 bits per heavy atom. The van der Waals surface area contributed by atoms with Crippen molar-refractivity contribution in [2.45, 2.75) is 43.7 Å². The van der Waals surface area contributed by atoms with E-state index in [-0.39, 0.29) is 5.92 Å². The molecular formula is C14H26N2O3. The first kappa shape index (κ1) is 14.8. The van der Waals surface area contributed by atoms with Crippen LogP contribution in [0.2, 0.25) is 0 Å². The Hall–Kier alpha value is -0.650. The molecule has 1 saturated heterocycles. The van der Waals surface area contributed by atoms with E-state index in [0.29, 0.717) is 6.10 Å². The number of hydrogen-bond donors (Lipinski definition) is 2. The minimum absolute atomic E-state index is 0.247. The van der Waals surface area contributed by atoms with Crippen molar-refractivity contribution in [3.8, 4) is 0 Å². The minimum Gasteiger partial charge on any atom is -0.480 e. The largest absolute Gasteiger partial charge is 0.480 e. The van der Waals surface area contributed by atoms with Gasteiger partial charge in [0.1, 0.15) is 5.54 Å². The number of likely N-dealkylation sites (tertiary alicyclic amines) is 1. The van der Waals surface area contributed by atoms with Crippen molar-refractivity contribution in [3.63, 3.8) is 0 Å². The smallest absolute Gasteiger partial charge is 0.324 e. The predicted molar refractivity (Wildman–Crippen MR) is 73.2 cm³/mol. The van der Waals surface area contributed by atoms with E-state index in [1.165, 1.54) is 0 Å². The molecule has 0 amide bonds. The first-order valence-corrected chi connectivity index (χ1v) is 7.30. The lowest BCUT2D eigenvalue weighted by molar-refractivity contribution is -0.146. The number of hydrogen-bond acceptors (Lipinski definition) is 4. The van der Waals surface area contributed by atoms with Crippen LogP contribution in [0.25, 0.3) is 0 Å². The zero-order chi connectivity index (χ0) is 13.9. The van der Waals surface area contributed by atoms with Gasteiger partial charge in [0.2, 0.25) is 0 Å². The van der Waals surface area contributed by atoms with Crippen molar-refractivity contribution >= 4 is 5.97 Å². The SMILES string of the molecule is CNC1(C(=O)O)CCCC1CCN1CCC(OC)C1. The highest BCUT2D eigenvalue weighted by molar-refractivity contribution is 5.79. The Balaban J connectivity index is 1.87. The molecule has 0 aromatic carbocycles. The van der Waals surface area contributed by atoms with Gasteiger partial charge in [-0.1, -0.05) is 6.42 Å². The second kappa shape index (κ2) is 6.20. The molecule has 1 aliphatic heterocycles. The van der Waals surface area contributed by atoms with E-state index in [1.807, 2.05) is 0 Å². The normalized spacial score (nSPS) is 35.9. The molecule has 1 saturated carbocycles. The molecule has 0 bridgehead atoms. The lowest BCUT2D eigenvalue weighted by atomic mass is 9.84. The highest BCUT2D eigenvalue weighted by Gasteiger charge is 2.47. The van der Waals surface area contributed by atoms with Gasteiger partial charge in [-0.15, -0.1) is 0 Å². The third-order valence-corrected chi connectivity index (χ3v) is 5.00. The zero-order valence-corrected chi connectivity index (χ0v) is 12.0. The number of carboxylic acids is 1. The number of carbonyl (C=O) groups is 1. The maximum atomic E-state index is 11.6. The first-order chi connectivity index (χ1) is 9.12. The van der Waals surface area contributed by atoms with E-state index in [9.17, 15) is 9.90 Å². The summed E-state index contributed by atoms with van der Waals surface area (Å²) >= 11 is 0. The Bertz CT molecular complexity index is 324. The molecule has 0 radical (unpaired) electrons. The van der Waals surface area contributed by atoms with Crippen LogP contribution in [0.1, 0.15) is 32.1 Å². The molecule has 2 fully saturated rings. The molecule has 5 nitrogen and oxygen atoms in total. The summed E-state index contributed by atoms with van der Waals surface area (Å²) in [5.41, 5.74) is -0.694. The number of ether oxygens (including phenoxy) is 1. The molecule has 5 heteroatoms. The molecule has 0 aromatic rings. The van der Waals surface area contributed by atoms with Crippen molar-refractivity contribution in [3.05, 3.63) is 0 Å². The Kier molecular flexibility index (Phi) is 4.81. The Morgan fingerprint density at radius 3 is 2.89 bits per heavy atom. The molecule has 3 atom stereocenters. The second-order valence-corrected chi connectivity index (χ2v) is 5.85. The summed E-state index contributed by atoms with van der Waals surface area (Å²) in [6, 6.07) is 0. The summed E-state index contributed by atoms with van der Waals surface area (Å²) in [7, 11) is 3.55. The van der Waals surface area contributed by atoms with E-state index in [4.69, 9.17) is 4.74 Å². The zero-order valence-electron chi connectivity index (χ0n) is 12.0. The van der Waals surface area contributed by atoms with Crippen LogP contribution >= 0.6 is 0 Å². The Labute approximate surface area is 115 Å². The minimum atomic E-state index is -0.694. The fourth-order valence-electron chi connectivity index (χ4n) is 3.72. The monoisotopic (exact) mass is 270 g/mol. The average molecular weight is 270 g/mol. The molecule has 3 unspecified atom stereocenters.